The molecule has 1 fully saturated rings. The zero-order valence-corrected chi connectivity index (χ0v) is 14.7. The summed E-state index contributed by atoms with van der Waals surface area (Å²) in [5.41, 5.74) is 0. The SMILES string of the molecule is O=S(=O)(NCc1nccc(N2CCCCC2)n1)c1ccc(Cl)cc1. The maximum Gasteiger partial charge on any atom is 0.240 e. The quantitative estimate of drug-likeness (QED) is 0.880. The van der Waals surface area contributed by atoms with Crippen LogP contribution >= 0.6 is 11.6 Å². The standard InChI is InChI=1S/C16H19ClN4O2S/c17-13-4-6-14(7-5-13)24(22,23)19-12-15-18-9-8-16(20-15)21-10-2-1-3-11-21/h4-9,19H,1-3,10-12H2. The van der Waals surface area contributed by atoms with Crippen molar-refractivity contribution in [3.63, 3.8) is 0 Å². The van der Waals surface area contributed by atoms with E-state index in [4.69, 9.17) is 11.6 Å². The molecule has 0 spiro atoms. The molecule has 24 heavy (non-hydrogen) atoms. The Morgan fingerprint density at radius 3 is 2.50 bits per heavy atom. The molecule has 0 amide bonds. The van der Waals surface area contributed by atoms with Gasteiger partial charge in [-0.2, -0.15) is 0 Å². The lowest BCUT2D eigenvalue weighted by atomic mass is 10.1. The average Bonchev–Trinajstić information content (AvgIpc) is 2.61. The molecule has 0 radical (unpaired) electrons. The summed E-state index contributed by atoms with van der Waals surface area (Å²) in [5.74, 6) is 1.31. The van der Waals surface area contributed by atoms with Gasteiger partial charge in [-0.05, 0) is 49.6 Å². The molecule has 8 heteroatoms. The minimum absolute atomic E-state index is 0.0483. The number of aromatic nitrogens is 2. The number of hydrogen-bond acceptors (Lipinski definition) is 5. The fraction of sp³-hybridized carbons (Fsp3) is 0.375. The van der Waals surface area contributed by atoms with Gasteiger partial charge in [0, 0.05) is 24.3 Å². The monoisotopic (exact) mass is 366 g/mol. The third-order valence-electron chi connectivity index (χ3n) is 3.92. The second-order valence-electron chi connectivity index (χ2n) is 5.66. The van der Waals surface area contributed by atoms with Gasteiger partial charge in [-0.3, -0.25) is 0 Å². The van der Waals surface area contributed by atoms with Crippen molar-refractivity contribution in [2.75, 3.05) is 18.0 Å². The van der Waals surface area contributed by atoms with Crippen LogP contribution in [0.5, 0.6) is 0 Å². The predicted molar refractivity (Wildman–Crippen MR) is 93.6 cm³/mol. The van der Waals surface area contributed by atoms with Crippen molar-refractivity contribution in [1.82, 2.24) is 14.7 Å². The molecule has 1 N–H and O–H groups in total. The first-order valence-corrected chi connectivity index (χ1v) is 9.73. The van der Waals surface area contributed by atoms with Gasteiger partial charge in [0.25, 0.3) is 0 Å². The number of hydrogen-bond donors (Lipinski definition) is 1. The van der Waals surface area contributed by atoms with Crippen LogP contribution in [0.3, 0.4) is 0 Å². The number of sulfonamides is 1. The molecule has 1 aromatic heterocycles. The summed E-state index contributed by atoms with van der Waals surface area (Å²) < 4.78 is 27.1. The molecule has 0 saturated carbocycles. The summed E-state index contributed by atoms with van der Waals surface area (Å²) in [6, 6.07) is 7.89. The van der Waals surface area contributed by atoms with Gasteiger partial charge in [0.2, 0.25) is 10.0 Å². The van der Waals surface area contributed by atoms with E-state index in [-0.39, 0.29) is 11.4 Å². The summed E-state index contributed by atoms with van der Waals surface area (Å²) >= 11 is 5.79. The van der Waals surface area contributed by atoms with Crippen molar-refractivity contribution in [2.45, 2.75) is 30.7 Å². The second kappa shape index (κ2) is 7.46. The Balaban J connectivity index is 1.68. The van der Waals surface area contributed by atoms with E-state index in [1.54, 1.807) is 18.3 Å². The van der Waals surface area contributed by atoms with Gasteiger partial charge < -0.3 is 4.90 Å². The van der Waals surface area contributed by atoms with Gasteiger partial charge in [0.15, 0.2) is 0 Å². The summed E-state index contributed by atoms with van der Waals surface area (Å²) in [4.78, 5) is 11.0. The third kappa shape index (κ3) is 4.23. The average molecular weight is 367 g/mol. The van der Waals surface area contributed by atoms with Crippen LogP contribution in [0, 0.1) is 0 Å². The van der Waals surface area contributed by atoms with Gasteiger partial charge in [-0.1, -0.05) is 11.6 Å². The molecule has 2 aromatic rings. The van der Waals surface area contributed by atoms with E-state index in [0.29, 0.717) is 10.8 Å². The van der Waals surface area contributed by atoms with Crippen molar-refractivity contribution >= 4 is 27.4 Å². The van der Waals surface area contributed by atoms with Gasteiger partial charge >= 0.3 is 0 Å². The minimum atomic E-state index is -3.62. The summed E-state index contributed by atoms with van der Waals surface area (Å²) in [5, 5.41) is 0.492. The largest absolute Gasteiger partial charge is 0.357 e. The van der Waals surface area contributed by atoms with E-state index < -0.39 is 10.0 Å². The highest BCUT2D eigenvalue weighted by Gasteiger charge is 2.16. The van der Waals surface area contributed by atoms with Crippen LogP contribution in [-0.4, -0.2) is 31.5 Å². The summed E-state index contributed by atoms with van der Waals surface area (Å²) in [6.45, 7) is 2.01. The highest BCUT2D eigenvalue weighted by molar-refractivity contribution is 7.89. The Bertz CT molecular complexity index is 790. The van der Waals surface area contributed by atoms with Crippen LogP contribution < -0.4 is 9.62 Å². The molecule has 1 aliphatic heterocycles. The Kier molecular flexibility index (Phi) is 5.33. The van der Waals surface area contributed by atoms with Gasteiger partial charge in [0.1, 0.15) is 11.6 Å². The zero-order chi connectivity index (χ0) is 17.0. The van der Waals surface area contributed by atoms with Gasteiger partial charge in [-0.25, -0.2) is 23.1 Å². The van der Waals surface area contributed by atoms with Crippen LogP contribution in [0.2, 0.25) is 5.02 Å². The number of benzene rings is 1. The molecular weight excluding hydrogens is 348 g/mol. The lowest BCUT2D eigenvalue weighted by molar-refractivity contribution is 0.569. The lowest BCUT2D eigenvalue weighted by Crippen LogP contribution is -2.31. The Morgan fingerprint density at radius 1 is 1.08 bits per heavy atom. The number of nitrogens with one attached hydrogen (secondary N) is 1. The Hall–Kier alpha value is -1.70. The van der Waals surface area contributed by atoms with Crippen LogP contribution in [0.15, 0.2) is 41.4 Å². The number of anilines is 1. The Morgan fingerprint density at radius 2 is 1.79 bits per heavy atom. The molecule has 2 heterocycles. The van der Waals surface area contributed by atoms with Crippen molar-refractivity contribution in [2.24, 2.45) is 0 Å². The van der Waals surface area contributed by atoms with E-state index >= 15 is 0 Å². The van der Waals surface area contributed by atoms with Crippen LogP contribution in [0.1, 0.15) is 25.1 Å². The fourth-order valence-electron chi connectivity index (χ4n) is 2.63. The first kappa shape index (κ1) is 17.1. The molecule has 6 nitrogen and oxygen atoms in total. The smallest absolute Gasteiger partial charge is 0.240 e. The number of piperidine rings is 1. The van der Waals surface area contributed by atoms with Crippen molar-refractivity contribution in [3.8, 4) is 0 Å². The second-order valence-corrected chi connectivity index (χ2v) is 7.86. The molecule has 3 rings (SSSR count). The number of rotatable bonds is 5. The molecule has 0 unspecified atom stereocenters. The normalized spacial score (nSPS) is 15.5. The van der Waals surface area contributed by atoms with Crippen LogP contribution in [-0.2, 0) is 16.6 Å². The lowest BCUT2D eigenvalue weighted by Gasteiger charge is -2.27. The maximum atomic E-state index is 12.3. The van der Waals surface area contributed by atoms with E-state index in [1.807, 2.05) is 6.07 Å². The Labute approximate surface area is 146 Å². The van der Waals surface area contributed by atoms with Gasteiger partial charge in [-0.15, -0.1) is 0 Å². The molecule has 128 valence electrons. The van der Waals surface area contributed by atoms with Crippen LogP contribution in [0.4, 0.5) is 5.82 Å². The third-order valence-corrected chi connectivity index (χ3v) is 5.58. The first-order chi connectivity index (χ1) is 11.5. The molecule has 1 aliphatic rings. The molecule has 1 aromatic carbocycles. The predicted octanol–water partition coefficient (Wildman–Crippen LogP) is 2.60. The maximum absolute atomic E-state index is 12.3. The first-order valence-electron chi connectivity index (χ1n) is 7.87. The summed E-state index contributed by atoms with van der Waals surface area (Å²) in [7, 11) is -3.62. The fourth-order valence-corrected chi connectivity index (χ4v) is 3.74. The molecule has 0 bridgehead atoms. The van der Waals surface area contributed by atoms with Crippen molar-refractivity contribution in [3.05, 3.63) is 47.4 Å². The van der Waals surface area contributed by atoms with Gasteiger partial charge in [0.05, 0.1) is 11.4 Å². The van der Waals surface area contributed by atoms with Crippen molar-refractivity contribution < 1.29 is 8.42 Å². The zero-order valence-electron chi connectivity index (χ0n) is 13.2. The molecule has 0 atom stereocenters. The van der Waals surface area contributed by atoms with E-state index in [0.717, 1.165) is 31.7 Å². The highest BCUT2D eigenvalue weighted by Crippen LogP contribution is 2.17. The molecule has 1 saturated heterocycles. The topological polar surface area (TPSA) is 75.2 Å². The van der Waals surface area contributed by atoms with Crippen molar-refractivity contribution in [1.29, 1.82) is 0 Å². The highest BCUT2D eigenvalue weighted by atomic mass is 35.5. The number of nitrogens with zero attached hydrogens (tertiary/aromatic N) is 3. The van der Waals surface area contributed by atoms with Crippen LogP contribution in [0.25, 0.3) is 0 Å². The van der Waals surface area contributed by atoms with E-state index in [9.17, 15) is 8.42 Å². The minimum Gasteiger partial charge on any atom is -0.357 e. The number of halogens is 1. The summed E-state index contributed by atoms with van der Waals surface area (Å²) in [6.07, 6.45) is 5.23. The molecular formula is C16H19ClN4O2S. The van der Waals surface area contributed by atoms with E-state index in [1.165, 1.54) is 18.6 Å². The van der Waals surface area contributed by atoms with E-state index in [2.05, 4.69) is 19.6 Å². The molecule has 0 aliphatic carbocycles.